The van der Waals surface area contributed by atoms with Gasteiger partial charge in [-0.2, -0.15) is 5.10 Å². The lowest BCUT2D eigenvalue weighted by Gasteiger charge is -2.26. The van der Waals surface area contributed by atoms with E-state index in [0.717, 1.165) is 12.0 Å². The normalized spacial score (nSPS) is 20.9. The maximum atomic E-state index is 13.2. The molecule has 2 aliphatic heterocycles. The van der Waals surface area contributed by atoms with Crippen LogP contribution in [0.5, 0.6) is 5.75 Å². The van der Waals surface area contributed by atoms with Gasteiger partial charge >= 0.3 is 0 Å². The van der Waals surface area contributed by atoms with Gasteiger partial charge in [0.1, 0.15) is 24.3 Å². The minimum Gasteiger partial charge on any atom is -0.492 e. The fourth-order valence-corrected chi connectivity index (χ4v) is 4.87. The SMILES string of the molecule is C[C@@H]1NC(=O)CN(C(=O)[C@H]2CCCO2)CCCNC(=O)c2cccc(c2)OCCn2nc(-c3ccccc3)nc21. The van der Waals surface area contributed by atoms with Crippen LogP contribution in [0.3, 0.4) is 0 Å². The largest absolute Gasteiger partial charge is 0.492 e. The minimum absolute atomic E-state index is 0.123. The van der Waals surface area contributed by atoms with E-state index in [4.69, 9.17) is 19.6 Å². The van der Waals surface area contributed by atoms with E-state index in [9.17, 15) is 14.4 Å². The fourth-order valence-electron chi connectivity index (χ4n) is 4.87. The standard InChI is InChI=1S/C29H34N6O5/c1-20-27-32-26(21-8-3-2-4-9-21)33-35(27)15-17-39-23-11-5-10-22(18-23)28(37)30-13-7-14-34(19-25(36)31-20)29(38)24-12-6-16-40-24/h2-5,8-11,18,20,24H,6-7,12-17,19H2,1H3,(H,30,37)(H,31,36)/t20-,24+/m0/s1. The van der Waals surface area contributed by atoms with Crippen LogP contribution in [0, 0.1) is 0 Å². The summed E-state index contributed by atoms with van der Waals surface area (Å²) >= 11 is 0. The molecule has 1 fully saturated rings. The predicted octanol–water partition coefficient (Wildman–Crippen LogP) is 2.34. The number of ether oxygens (including phenoxy) is 2. The Bertz CT molecular complexity index is 1340. The van der Waals surface area contributed by atoms with Crippen molar-refractivity contribution in [1.82, 2.24) is 30.3 Å². The van der Waals surface area contributed by atoms with E-state index in [-0.39, 0.29) is 30.9 Å². The van der Waals surface area contributed by atoms with Crippen LogP contribution in [0.2, 0.25) is 0 Å². The molecule has 1 aromatic heterocycles. The summed E-state index contributed by atoms with van der Waals surface area (Å²) in [6, 6.07) is 16.1. The smallest absolute Gasteiger partial charge is 0.252 e. The number of fused-ring (bicyclic) bond motifs is 3. The fraction of sp³-hybridized carbons (Fsp3) is 0.414. The Labute approximate surface area is 232 Å². The number of nitrogens with one attached hydrogen (secondary N) is 2. The molecular weight excluding hydrogens is 512 g/mol. The molecule has 2 N–H and O–H groups in total. The van der Waals surface area contributed by atoms with Crippen molar-refractivity contribution < 1.29 is 23.9 Å². The minimum atomic E-state index is -0.544. The van der Waals surface area contributed by atoms with E-state index in [2.05, 4.69) is 10.6 Å². The summed E-state index contributed by atoms with van der Waals surface area (Å²) in [5.74, 6) is 0.916. The lowest BCUT2D eigenvalue weighted by Crippen LogP contribution is -2.46. The van der Waals surface area contributed by atoms with Gasteiger partial charge in [0, 0.05) is 30.8 Å². The lowest BCUT2D eigenvalue weighted by molar-refractivity contribution is -0.144. The molecule has 0 unspecified atom stereocenters. The highest BCUT2D eigenvalue weighted by Gasteiger charge is 2.30. The van der Waals surface area contributed by atoms with Crippen molar-refractivity contribution in [3.63, 3.8) is 0 Å². The second-order valence-corrected chi connectivity index (χ2v) is 9.92. The van der Waals surface area contributed by atoms with Crippen LogP contribution >= 0.6 is 0 Å². The Morgan fingerprint density at radius 3 is 2.62 bits per heavy atom. The van der Waals surface area contributed by atoms with Gasteiger partial charge in [-0.15, -0.1) is 0 Å². The molecule has 3 aromatic rings. The summed E-state index contributed by atoms with van der Waals surface area (Å²) in [5, 5.41) is 10.6. The third kappa shape index (κ3) is 6.66. The molecule has 0 radical (unpaired) electrons. The van der Waals surface area contributed by atoms with Crippen molar-refractivity contribution in [2.45, 2.75) is 44.9 Å². The summed E-state index contributed by atoms with van der Waals surface area (Å²) in [6.45, 7) is 3.56. The number of hydrogen-bond acceptors (Lipinski definition) is 7. The molecule has 40 heavy (non-hydrogen) atoms. The van der Waals surface area contributed by atoms with Gasteiger partial charge in [0.25, 0.3) is 11.8 Å². The summed E-state index contributed by atoms with van der Waals surface area (Å²) in [6.07, 6.45) is 1.38. The lowest BCUT2D eigenvalue weighted by atomic mass is 10.2. The van der Waals surface area contributed by atoms with Crippen molar-refractivity contribution in [2.24, 2.45) is 0 Å². The van der Waals surface area contributed by atoms with Crippen LogP contribution in [-0.2, 0) is 20.9 Å². The quantitative estimate of drug-likeness (QED) is 0.505. The Morgan fingerprint density at radius 1 is 1.00 bits per heavy atom. The van der Waals surface area contributed by atoms with Gasteiger partial charge in [-0.1, -0.05) is 36.4 Å². The zero-order valence-electron chi connectivity index (χ0n) is 22.5. The van der Waals surface area contributed by atoms with E-state index in [1.54, 1.807) is 28.9 Å². The molecule has 2 aliphatic rings. The molecule has 2 aromatic carbocycles. The van der Waals surface area contributed by atoms with Gasteiger partial charge in [-0.25, -0.2) is 9.67 Å². The van der Waals surface area contributed by atoms with E-state index < -0.39 is 12.1 Å². The van der Waals surface area contributed by atoms with Crippen LogP contribution in [0.15, 0.2) is 54.6 Å². The molecule has 11 nitrogen and oxygen atoms in total. The zero-order valence-corrected chi connectivity index (χ0v) is 22.5. The van der Waals surface area contributed by atoms with Crippen molar-refractivity contribution in [3.05, 3.63) is 66.0 Å². The van der Waals surface area contributed by atoms with Gasteiger partial charge < -0.3 is 25.0 Å². The molecule has 2 atom stereocenters. The van der Waals surface area contributed by atoms with Crippen LogP contribution in [0.4, 0.5) is 0 Å². The topological polar surface area (TPSA) is 128 Å². The molecule has 1 saturated heterocycles. The average Bonchev–Trinajstić information content (AvgIpc) is 3.65. The van der Waals surface area contributed by atoms with Gasteiger partial charge in [-0.05, 0) is 44.4 Å². The molecule has 3 amide bonds. The maximum Gasteiger partial charge on any atom is 0.252 e. The average molecular weight is 547 g/mol. The highest BCUT2D eigenvalue weighted by atomic mass is 16.5. The first-order valence-corrected chi connectivity index (χ1v) is 13.7. The molecule has 5 rings (SSSR count). The predicted molar refractivity (Wildman–Crippen MR) is 146 cm³/mol. The first kappa shape index (κ1) is 27.3. The number of benzene rings is 2. The third-order valence-corrected chi connectivity index (χ3v) is 6.91. The third-order valence-electron chi connectivity index (χ3n) is 6.91. The monoisotopic (exact) mass is 546 g/mol. The van der Waals surface area contributed by atoms with Crippen molar-refractivity contribution in [2.75, 3.05) is 32.8 Å². The van der Waals surface area contributed by atoms with Gasteiger partial charge in [-0.3, -0.25) is 14.4 Å². The maximum absolute atomic E-state index is 13.2. The van der Waals surface area contributed by atoms with Crippen molar-refractivity contribution >= 4 is 17.7 Å². The number of carbonyl (C=O) groups excluding carboxylic acids is 3. The first-order valence-electron chi connectivity index (χ1n) is 13.7. The number of aromatic nitrogens is 3. The first-order chi connectivity index (χ1) is 19.5. The van der Waals surface area contributed by atoms with Crippen molar-refractivity contribution in [3.8, 4) is 17.1 Å². The number of rotatable bonds is 2. The van der Waals surface area contributed by atoms with Crippen LogP contribution in [-0.4, -0.2) is 76.3 Å². The van der Waals surface area contributed by atoms with Crippen LogP contribution in [0.25, 0.3) is 11.4 Å². The molecule has 0 spiro atoms. The Hall–Kier alpha value is -4.25. The molecule has 2 bridgehead atoms. The molecule has 3 heterocycles. The van der Waals surface area contributed by atoms with Crippen LogP contribution < -0.4 is 15.4 Å². The Balaban J connectivity index is 1.41. The van der Waals surface area contributed by atoms with E-state index in [0.29, 0.717) is 62.0 Å². The molecule has 210 valence electrons. The highest BCUT2D eigenvalue weighted by molar-refractivity contribution is 5.94. The number of nitrogens with zero attached hydrogens (tertiary/aromatic N) is 4. The van der Waals surface area contributed by atoms with E-state index >= 15 is 0 Å². The van der Waals surface area contributed by atoms with Gasteiger partial charge in [0.15, 0.2) is 5.82 Å². The molecule has 11 heteroatoms. The number of carbonyl (C=O) groups is 3. The molecule has 0 aliphatic carbocycles. The number of amides is 3. The van der Waals surface area contributed by atoms with Gasteiger partial charge in [0.2, 0.25) is 5.91 Å². The van der Waals surface area contributed by atoms with Crippen molar-refractivity contribution in [1.29, 1.82) is 0 Å². The second kappa shape index (κ2) is 12.7. The Morgan fingerprint density at radius 2 is 1.82 bits per heavy atom. The highest BCUT2D eigenvalue weighted by Crippen LogP contribution is 2.20. The second-order valence-electron chi connectivity index (χ2n) is 9.92. The molecule has 0 saturated carbocycles. The van der Waals surface area contributed by atoms with Gasteiger partial charge in [0.05, 0.1) is 19.1 Å². The Kier molecular flexibility index (Phi) is 8.70. The number of hydrogen-bond donors (Lipinski definition) is 2. The van der Waals surface area contributed by atoms with Crippen LogP contribution in [0.1, 0.15) is 48.4 Å². The summed E-state index contributed by atoms with van der Waals surface area (Å²) in [4.78, 5) is 45.3. The summed E-state index contributed by atoms with van der Waals surface area (Å²) in [7, 11) is 0. The van der Waals surface area contributed by atoms with E-state index in [1.165, 1.54) is 4.90 Å². The summed E-state index contributed by atoms with van der Waals surface area (Å²) in [5.41, 5.74) is 1.33. The summed E-state index contributed by atoms with van der Waals surface area (Å²) < 4.78 is 13.3. The zero-order chi connectivity index (χ0) is 27.9. The molecular formula is C29H34N6O5. The van der Waals surface area contributed by atoms with E-state index in [1.807, 2.05) is 37.3 Å².